The molecule has 1 saturated heterocycles. The summed E-state index contributed by atoms with van der Waals surface area (Å²) in [7, 11) is 1.37. The van der Waals surface area contributed by atoms with Crippen molar-refractivity contribution in [1.29, 1.82) is 0 Å². The average Bonchev–Trinajstić information content (AvgIpc) is 2.98. The first-order valence-corrected chi connectivity index (χ1v) is 8.13. The number of nitrogens with zero attached hydrogens (tertiary/aromatic N) is 1. The second kappa shape index (κ2) is 7.51. The molecule has 1 aromatic carbocycles. The maximum absolute atomic E-state index is 12.7. The average molecular weight is 331 g/mol. The first-order valence-electron chi connectivity index (χ1n) is 8.13. The van der Waals surface area contributed by atoms with Gasteiger partial charge in [-0.1, -0.05) is 24.6 Å². The molecular formula is C19H25NO4. The van der Waals surface area contributed by atoms with Crippen molar-refractivity contribution >= 4 is 11.9 Å². The number of phenolic OH excluding ortho intramolecular Hbond substituents is 1. The number of carbonyl (C=O) groups is 2. The predicted octanol–water partition coefficient (Wildman–Crippen LogP) is 2.71. The molecule has 0 aliphatic carbocycles. The highest BCUT2D eigenvalue weighted by Crippen LogP contribution is 2.35. The van der Waals surface area contributed by atoms with Crippen LogP contribution < -0.4 is 0 Å². The minimum atomic E-state index is -0.388. The number of benzene rings is 1. The molecule has 1 unspecified atom stereocenters. The topological polar surface area (TPSA) is 66.8 Å². The van der Waals surface area contributed by atoms with Crippen molar-refractivity contribution in [2.45, 2.75) is 26.2 Å². The highest BCUT2D eigenvalue weighted by Gasteiger charge is 2.41. The van der Waals surface area contributed by atoms with E-state index in [1.54, 1.807) is 29.2 Å². The zero-order valence-corrected chi connectivity index (χ0v) is 14.5. The van der Waals surface area contributed by atoms with Gasteiger partial charge in [-0.3, -0.25) is 9.59 Å². The summed E-state index contributed by atoms with van der Waals surface area (Å²) >= 11 is 0. The summed E-state index contributed by atoms with van der Waals surface area (Å²) in [5.74, 6) is -0.766. The Bertz CT molecular complexity index is 623. The smallest absolute Gasteiger partial charge is 0.311 e. The van der Waals surface area contributed by atoms with Crippen molar-refractivity contribution in [2.75, 3.05) is 20.2 Å². The van der Waals surface area contributed by atoms with E-state index >= 15 is 0 Å². The van der Waals surface area contributed by atoms with E-state index in [4.69, 9.17) is 4.74 Å². The number of phenols is 1. The van der Waals surface area contributed by atoms with E-state index in [0.717, 1.165) is 11.1 Å². The maximum atomic E-state index is 12.7. The molecular weight excluding hydrogens is 306 g/mol. The quantitative estimate of drug-likeness (QED) is 0.665. The van der Waals surface area contributed by atoms with Crippen LogP contribution in [0.5, 0.6) is 5.75 Å². The standard InChI is InChI=1S/C19H25NO4/c1-12(2)9-13(3)18(22)20-10-16(17(11-20)19(23)24-4)14-5-7-15(21)8-6-14/h5-8,13,16-17,21H,1,9-11H2,2-4H3/t13?,16-,17+/m0/s1. The second-order valence-corrected chi connectivity index (χ2v) is 6.63. The SMILES string of the molecule is C=C(C)CC(C)C(=O)N1C[C@@H](C(=O)OC)[C@H](c2ccc(O)cc2)C1. The van der Waals surface area contributed by atoms with Crippen LogP contribution >= 0.6 is 0 Å². The summed E-state index contributed by atoms with van der Waals surface area (Å²) in [6.07, 6.45) is 0.641. The summed E-state index contributed by atoms with van der Waals surface area (Å²) < 4.78 is 4.92. The Kier molecular flexibility index (Phi) is 5.65. The van der Waals surface area contributed by atoms with Crippen LogP contribution in [0.2, 0.25) is 0 Å². The number of carbonyl (C=O) groups excluding carboxylic acids is 2. The van der Waals surface area contributed by atoms with Gasteiger partial charge in [0.1, 0.15) is 5.75 Å². The second-order valence-electron chi connectivity index (χ2n) is 6.63. The van der Waals surface area contributed by atoms with Gasteiger partial charge in [-0.2, -0.15) is 0 Å². The molecule has 1 heterocycles. The van der Waals surface area contributed by atoms with E-state index in [2.05, 4.69) is 6.58 Å². The molecule has 5 nitrogen and oxygen atoms in total. The molecule has 0 radical (unpaired) electrons. The summed E-state index contributed by atoms with van der Waals surface area (Å²) in [4.78, 5) is 26.6. The van der Waals surface area contributed by atoms with E-state index in [1.165, 1.54) is 7.11 Å². The van der Waals surface area contributed by atoms with Crippen molar-refractivity contribution < 1.29 is 19.4 Å². The fourth-order valence-corrected chi connectivity index (χ4v) is 3.35. The molecule has 5 heteroatoms. The molecule has 1 aliphatic heterocycles. The molecule has 1 aromatic rings. The van der Waals surface area contributed by atoms with Crippen molar-refractivity contribution in [2.24, 2.45) is 11.8 Å². The highest BCUT2D eigenvalue weighted by molar-refractivity contribution is 5.82. The van der Waals surface area contributed by atoms with E-state index in [9.17, 15) is 14.7 Å². The summed E-state index contributed by atoms with van der Waals surface area (Å²) in [5.41, 5.74) is 1.89. The largest absolute Gasteiger partial charge is 0.508 e. The first kappa shape index (κ1) is 18.0. The van der Waals surface area contributed by atoms with E-state index in [-0.39, 0.29) is 35.4 Å². The molecule has 2 rings (SSSR count). The van der Waals surface area contributed by atoms with E-state index in [1.807, 2.05) is 13.8 Å². The van der Waals surface area contributed by atoms with Crippen LogP contribution in [0.25, 0.3) is 0 Å². The van der Waals surface area contributed by atoms with Crippen LogP contribution in [0.1, 0.15) is 31.7 Å². The molecule has 3 atom stereocenters. The number of allylic oxidation sites excluding steroid dienone is 1. The molecule has 1 aliphatic rings. The first-order chi connectivity index (χ1) is 11.3. The molecule has 0 bridgehead atoms. The zero-order chi connectivity index (χ0) is 17.9. The van der Waals surface area contributed by atoms with Gasteiger partial charge in [0.05, 0.1) is 13.0 Å². The Morgan fingerprint density at radius 3 is 2.50 bits per heavy atom. The van der Waals surface area contributed by atoms with Crippen LogP contribution in [0.3, 0.4) is 0 Å². The van der Waals surface area contributed by atoms with Crippen LogP contribution in [-0.2, 0) is 14.3 Å². The van der Waals surface area contributed by atoms with E-state index in [0.29, 0.717) is 19.5 Å². The molecule has 1 N–H and O–H groups in total. The van der Waals surface area contributed by atoms with Gasteiger partial charge >= 0.3 is 5.97 Å². The summed E-state index contributed by atoms with van der Waals surface area (Å²) in [6.45, 7) is 8.49. The van der Waals surface area contributed by atoms with Crippen LogP contribution in [0, 0.1) is 11.8 Å². The third-order valence-corrected chi connectivity index (χ3v) is 4.53. The van der Waals surface area contributed by atoms with Gasteiger partial charge in [-0.15, -0.1) is 6.58 Å². The normalized spacial score (nSPS) is 21.4. The lowest BCUT2D eigenvalue weighted by atomic mass is 9.89. The number of aromatic hydroxyl groups is 1. The molecule has 0 spiro atoms. The Hall–Kier alpha value is -2.30. The predicted molar refractivity (Wildman–Crippen MR) is 91.5 cm³/mol. The number of methoxy groups -OCH3 is 1. The highest BCUT2D eigenvalue weighted by atomic mass is 16.5. The minimum Gasteiger partial charge on any atom is -0.508 e. The van der Waals surface area contributed by atoms with Crippen LogP contribution in [-0.4, -0.2) is 42.1 Å². The fourth-order valence-electron chi connectivity index (χ4n) is 3.35. The van der Waals surface area contributed by atoms with Gasteiger partial charge in [0.2, 0.25) is 5.91 Å². The lowest BCUT2D eigenvalue weighted by molar-refractivity contribution is -0.145. The Morgan fingerprint density at radius 1 is 1.33 bits per heavy atom. The van der Waals surface area contributed by atoms with Crippen LogP contribution in [0.4, 0.5) is 0 Å². The number of amides is 1. The van der Waals surface area contributed by atoms with Gasteiger partial charge in [-0.05, 0) is 31.0 Å². The number of hydrogen-bond donors (Lipinski definition) is 1. The number of hydrogen-bond acceptors (Lipinski definition) is 4. The third kappa shape index (κ3) is 3.96. The summed E-state index contributed by atoms with van der Waals surface area (Å²) in [6, 6.07) is 6.78. The Balaban J connectivity index is 2.20. The summed E-state index contributed by atoms with van der Waals surface area (Å²) in [5, 5.41) is 9.45. The van der Waals surface area contributed by atoms with Crippen molar-refractivity contribution in [3.8, 4) is 5.75 Å². The monoisotopic (exact) mass is 331 g/mol. The molecule has 130 valence electrons. The third-order valence-electron chi connectivity index (χ3n) is 4.53. The zero-order valence-electron chi connectivity index (χ0n) is 14.5. The van der Waals surface area contributed by atoms with Crippen molar-refractivity contribution in [1.82, 2.24) is 4.90 Å². The molecule has 1 fully saturated rings. The van der Waals surface area contributed by atoms with Crippen LogP contribution in [0.15, 0.2) is 36.4 Å². The molecule has 24 heavy (non-hydrogen) atoms. The van der Waals surface area contributed by atoms with Gasteiger partial charge < -0.3 is 14.7 Å². The molecule has 0 aromatic heterocycles. The lowest BCUT2D eigenvalue weighted by Gasteiger charge is -2.21. The van der Waals surface area contributed by atoms with E-state index < -0.39 is 0 Å². The van der Waals surface area contributed by atoms with Crippen molar-refractivity contribution in [3.05, 3.63) is 42.0 Å². The fraction of sp³-hybridized carbons (Fsp3) is 0.474. The number of ether oxygens (including phenoxy) is 1. The van der Waals surface area contributed by atoms with Gasteiger partial charge in [-0.25, -0.2) is 0 Å². The van der Waals surface area contributed by atoms with Gasteiger partial charge in [0.15, 0.2) is 0 Å². The van der Waals surface area contributed by atoms with Gasteiger partial charge in [0.25, 0.3) is 0 Å². The lowest BCUT2D eigenvalue weighted by Crippen LogP contribution is -2.34. The maximum Gasteiger partial charge on any atom is 0.311 e. The van der Waals surface area contributed by atoms with Gasteiger partial charge in [0, 0.05) is 24.9 Å². The minimum absolute atomic E-state index is 0.0354. The Labute approximate surface area is 142 Å². The molecule has 1 amide bonds. The molecule has 0 saturated carbocycles. The Morgan fingerprint density at radius 2 is 1.96 bits per heavy atom. The number of likely N-dealkylation sites (tertiary alicyclic amines) is 1. The number of esters is 1. The van der Waals surface area contributed by atoms with Crippen molar-refractivity contribution in [3.63, 3.8) is 0 Å². The number of rotatable bonds is 5.